The van der Waals surface area contributed by atoms with Crippen LogP contribution in [0.3, 0.4) is 0 Å². The number of anilines is 3. The van der Waals surface area contributed by atoms with E-state index in [9.17, 15) is 28.8 Å². The van der Waals surface area contributed by atoms with E-state index in [-0.39, 0.29) is 41.8 Å². The molecule has 9 rings (SSSR count). The Morgan fingerprint density at radius 2 is 1.66 bits per heavy atom. The summed E-state index contributed by atoms with van der Waals surface area (Å²) in [6.45, 7) is 5.42. The minimum Gasteiger partial charge on any atom is -0.381 e. The number of hydrogen-bond donors (Lipinski definition) is 4. The van der Waals surface area contributed by atoms with Crippen molar-refractivity contribution in [2.45, 2.75) is 69.8 Å². The first kappa shape index (κ1) is 40.0. The molecule has 16 heteroatoms. The number of methoxy groups -OCH3 is 1. The number of piperidine rings is 3. The number of hydrogen-bond acceptors (Lipinski definition) is 11. The van der Waals surface area contributed by atoms with E-state index >= 15 is 0 Å². The fourth-order valence-electron chi connectivity index (χ4n) is 9.45. The zero-order valence-corrected chi connectivity index (χ0v) is 34.0. The second-order valence-corrected chi connectivity index (χ2v) is 16.6. The standard InChI is InChI=1S/C45H49N9O7/c1-61-39(28-6-3-2-4-7-28)45(60)53-25-35-36(26-53)49-50-40(35)48-41(56)29-9-12-32(13-10-29)52-20-17-27(18-21-52)23-51-19-5-8-31(24-51)46-30-11-14-33-34(22-30)44(59)54(43(33)58)37-15-16-38(55)47-42(37)57/h2-4,6-7,9-14,22,27,31,37,39,46H,5,8,15-21,23-26H2,1H3,(H,47,55,57)(H2,48,49,50,56)/t31-,37?,39?/m0/s1. The number of amides is 6. The van der Waals surface area contributed by atoms with Crippen molar-refractivity contribution in [1.82, 2.24) is 30.2 Å². The molecule has 61 heavy (non-hydrogen) atoms. The second-order valence-electron chi connectivity index (χ2n) is 16.6. The molecule has 3 atom stereocenters. The highest BCUT2D eigenvalue weighted by molar-refractivity contribution is 6.23. The van der Waals surface area contributed by atoms with Crippen LogP contribution in [-0.2, 0) is 32.2 Å². The van der Waals surface area contributed by atoms with Crippen LogP contribution in [0.2, 0.25) is 0 Å². The van der Waals surface area contributed by atoms with E-state index in [0.717, 1.165) is 91.5 Å². The maximum atomic E-state index is 13.4. The Morgan fingerprint density at radius 1 is 0.885 bits per heavy atom. The zero-order chi connectivity index (χ0) is 42.2. The van der Waals surface area contributed by atoms with Crippen LogP contribution in [0.5, 0.6) is 0 Å². The molecule has 3 saturated heterocycles. The normalized spacial score (nSPS) is 21.3. The highest BCUT2D eigenvalue weighted by Gasteiger charge is 2.45. The van der Waals surface area contributed by atoms with Gasteiger partial charge in [0.2, 0.25) is 11.8 Å². The average molecular weight is 828 g/mol. The number of benzene rings is 3. The number of H-pyrrole nitrogens is 1. The maximum Gasteiger partial charge on any atom is 0.262 e. The number of nitrogens with zero attached hydrogens (tertiary/aromatic N) is 5. The molecule has 4 N–H and O–H groups in total. The number of fused-ring (bicyclic) bond motifs is 2. The third-order valence-corrected chi connectivity index (χ3v) is 12.7. The lowest BCUT2D eigenvalue weighted by molar-refractivity contribution is -0.143. The van der Waals surface area contributed by atoms with Gasteiger partial charge in [-0.25, -0.2) is 0 Å². The van der Waals surface area contributed by atoms with Gasteiger partial charge in [-0.1, -0.05) is 30.3 Å². The first-order valence-electron chi connectivity index (χ1n) is 21.1. The van der Waals surface area contributed by atoms with Crippen molar-refractivity contribution < 1.29 is 33.5 Å². The van der Waals surface area contributed by atoms with Crippen LogP contribution in [0.25, 0.3) is 0 Å². The topological polar surface area (TPSA) is 189 Å². The molecule has 4 aromatic rings. The van der Waals surface area contributed by atoms with Crippen LogP contribution in [0.1, 0.15) is 92.5 Å². The number of ether oxygens (including phenoxy) is 1. The van der Waals surface area contributed by atoms with E-state index in [2.05, 4.69) is 35.9 Å². The van der Waals surface area contributed by atoms with E-state index in [4.69, 9.17) is 4.74 Å². The monoisotopic (exact) mass is 827 g/mol. The molecule has 316 valence electrons. The Morgan fingerprint density at radius 3 is 2.41 bits per heavy atom. The van der Waals surface area contributed by atoms with Crippen molar-refractivity contribution in [1.29, 1.82) is 0 Å². The summed E-state index contributed by atoms with van der Waals surface area (Å²) in [5.74, 6) is -1.47. The van der Waals surface area contributed by atoms with E-state index in [1.807, 2.05) is 60.7 Å². The molecule has 1 aromatic heterocycles. The van der Waals surface area contributed by atoms with Crippen LogP contribution < -0.4 is 20.9 Å². The lowest BCUT2D eigenvalue weighted by Gasteiger charge is -2.39. The number of carbonyl (C=O) groups is 6. The van der Waals surface area contributed by atoms with Gasteiger partial charge in [-0.05, 0) is 92.6 Å². The Kier molecular flexibility index (Phi) is 11.1. The number of aromatic nitrogens is 2. The number of carbonyl (C=O) groups excluding carboxylic acids is 6. The van der Waals surface area contributed by atoms with Gasteiger partial charge < -0.3 is 30.1 Å². The van der Waals surface area contributed by atoms with Crippen molar-refractivity contribution >= 4 is 52.6 Å². The smallest absolute Gasteiger partial charge is 0.262 e. The highest BCUT2D eigenvalue weighted by atomic mass is 16.5. The lowest BCUT2D eigenvalue weighted by Crippen LogP contribution is -2.54. The fourth-order valence-corrected chi connectivity index (χ4v) is 9.45. The average Bonchev–Trinajstić information content (AvgIpc) is 3.94. The van der Waals surface area contributed by atoms with Crippen LogP contribution in [-0.4, -0.2) is 112 Å². The van der Waals surface area contributed by atoms with Crippen molar-refractivity contribution in [3.63, 3.8) is 0 Å². The summed E-state index contributed by atoms with van der Waals surface area (Å²) in [5, 5.41) is 16.1. The van der Waals surface area contributed by atoms with Gasteiger partial charge in [-0.3, -0.25) is 44.1 Å². The van der Waals surface area contributed by atoms with Crippen molar-refractivity contribution in [2.75, 3.05) is 55.4 Å². The molecular weight excluding hydrogens is 779 g/mol. The van der Waals surface area contributed by atoms with Gasteiger partial charge in [0.15, 0.2) is 11.9 Å². The molecule has 3 aromatic carbocycles. The molecule has 6 heterocycles. The summed E-state index contributed by atoms with van der Waals surface area (Å²) < 4.78 is 5.56. The maximum absolute atomic E-state index is 13.4. The third kappa shape index (κ3) is 8.12. The molecule has 2 unspecified atom stereocenters. The highest BCUT2D eigenvalue weighted by Crippen LogP contribution is 2.33. The quantitative estimate of drug-likeness (QED) is 0.160. The second kappa shape index (κ2) is 16.9. The third-order valence-electron chi connectivity index (χ3n) is 12.7. The molecule has 16 nitrogen and oxygen atoms in total. The van der Waals surface area contributed by atoms with Gasteiger partial charge in [0, 0.05) is 68.3 Å². The van der Waals surface area contributed by atoms with Crippen LogP contribution in [0.15, 0.2) is 72.8 Å². The molecule has 6 amide bonds. The zero-order valence-electron chi connectivity index (χ0n) is 34.0. The molecule has 3 fully saturated rings. The Hall–Kier alpha value is -6.39. The number of imide groups is 2. The van der Waals surface area contributed by atoms with Crippen LogP contribution in [0, 0.1) is 5.92 Å². The van der Waals surface area contributed by atoms with E-state index in [1.165, 1.54) is 7.11 Å². The predicted molar refractivity (Wildman–Crippen MR) is 225 cm³/mol. The van der Waals surface area contributed by atoms with E-state index < -0.39 is 35.8 Å². The van der Waals surface area contributed by atoms with E-state index in [0.29, 0.717) is 30.4 Å². The molecule has 5 aliphatic rings. The minimum atomic E-state index is -0.986. The molecular formula is C45H49N9O7. The summed E-state index contributed by atoms with van der Waals surface area (Å²) in [5.41, 5.74) is 5.27. The molecule has 0 bridgehead atoms. The first-order valence-corrected chi connectivity index (χ1v) is 21.1. The Bertz CT molecular complexity index is 2360. The molecule has 0 saturated carbocycles. The summed E-state index contributed by atoms with van der Waals surface area (Å²) >= 11 is 0. The van der Waals surface area contributed by atoms with Gasteiger partial charge in [-0.2, -0.15) is 5.10 Å². The van der Waals surface area contributed by atoms with Gasteiger partial charge in [0.05, 0.1) is 29.9 Å². The van der Waals surface area contributed by atoms with Crippen molar-refractivity contribution in [3.05, 3.63) is 106 Å². The molecule has 5 aliphatic heterocycles. The number of likely N-dealkylation sites (tertiary alicyclic amines) is 1. The summed E-state index contributed by atoms with van der Waals surface area (Å²) in [7, 11) is 1.53. The van der Waals surface area contributed by atoms with Crippen molar-refractivity contribution in [2.24, 2.45) is 5.92 Å². The molecule has 0 aliphatic carbocycles. The number of rotatable bonds is 11. The summed E-state index contributed by atoms with van der Waals surface area (Å²) in [6.07, 6.45) is 3.64. The lowest BCUT2D eigenvalue weighted by atomic mass is 9.94. The minimum absolute atomic E-state index is 0.0828. The SMILES string of the molecule is COC(C(=O)N1Cc2[nH]nc(NC(=O)c3ccc(N4CCC(CN5CCC[C@H](Nc6ccc7c(c6)C(=O)N(C6CCC(=O)NC6=O)C7=O)C5)CC4)cc3)c2C1)c1ccccc1. The van der Waals surface area contributed by atoms with Gasteiger partial charge >= 0.3 is 0 Å². The number of nitrogens with one attached hydrogen (secondary N) is 4. The van der Waals surface area contributed by atoms with Gasteiger partial charge in [-0.15, -0.1) is 0 Å². The Balaban J connectivity index is 0.735. The first-order chi connectivity index (χ1) is 29.6. The van der Waals surface area contributed by atoms with Crippen molar-refractivity contribution in [3.8, 4) is 0 Å². The van der Waals surface area contributed by atoms with Crippen LogP contribution in [0.4, 0.5) is 17.2 Å². The van der Waals surface area contributed by atoms with E-state index in [1.54, 1.807) is 17.0 Å². The fraction of sp³-hybridized carbons (Fsp3) is 0.400. The van der Waals surface area contributed by atoms with Gasteiger partial charge in [0.1, 0.15) is 6.04 Å². The van der Waals surface area contributed by atoms with Crippen LogP contribution >= 0.6 is 0 Å². The van der Waals surface area contributed by atoms with Gasteiger partial charge in [0.25, 0.3) is 23.6 Å². The molecule has 0 spiro atoms. The predicted octanol–water partition coefficient (Wildman–Crippen LogP) is 4.09. The largest absolute Gasteiger partial charge is 0.381 e. The summed E-state index contributed by atoms with van der Waals surface area (Å²) in [6, 6.07) is 21.4. The molecule has 0 radical (unpaired) electrons. The Labute approximate surface area is 353 Å². The summed E-state index contributed by atoms with van der Waals surface area (Å²) in [4.78, 5) is 84.9. The number of aromatic amines is 1.